The summed E-state index contributed by atoms with van der Waals surface area (Å²) in [6.45, 7) is 12.7. The second-order valence-corrected chi connectivity index (χ2v) is 10.6. The molecule has 1 amide bonds. The van der Waals surface area contributed by atoms with Gasteiger partial charge in [0.15, 0.2) is 0 Å². The highest BCUT2D eigenvalue weighted by molar-refractivity contribution is 5.97. The Labute approximate surface area is 208 Å². The number of hydrogen-bond acceptors (Lipinski definition) is 6. The van der Waals surface area contributed by atoms with Crippen LogP contribution in [0.2, 0.25) is 0 Å². The summed E-state index contributed by atoms with van der Waals surface area (Å²) in [4.78, 5) is 20.2. The molecule has 5 rings (SSSR count). The van der Waals surface area contributed by atoms with E-state index in [-0.39, 0.29) is 28.9 Å². The summed E-state index contributed by atoms with van der Waals surface area (Å²) in [6.07, 6.45) is 2.53. The van der Waals surface area contributed by atoms with E-state index in [0.29, 0.717) is 18.7 Å². The lowest BCUT2D eigenvalue weighted by atomic mass is 9.98. The molecule has 2 saturated heterocycles. The summed E-state index contributed by atoms with van der Waals surface area (Å²) in [5, 5.41) is 23.9. The lowest BCUT2D eigenvalue weighted by Crippen LogP contribution is -2.52. The number of phenolic OH excluding ortho intramolecular Hbond substituents is 2. The summed E-state index contributed by atoms with van der Waals surface area (Å²) < 4.78 is 0. The molecule has 7 nitrogen and oxygen atoms in total. The summed E-state index contributed by atoms with van der Waals surface area (Å²) in [6, 6.07) is 10.3. The Hall–Kier alpha value is -2.61. The monoisotopic (exact) mass is 478 g/mol. The van der Waals surface area contributed by atoms with Gasteiger partial charge in [0.25, 0.3) is 5.91 Å². The molecule has 2 aromatic carbocycles. The molecule has 3 heterocycles. The predicted molar refractivity (Wildman–Crippen MR) is 137 cm³/mol. The molecule has 0 spiro atoms. The third-order valence-electron chi connectivity index (χ3n) is 7.92. The molecule has 0 atom stereocenters. The Kier molecular flexibility index (Phi) is 7.00. The van der Waals surface area contributed by atoms with Crippen molar-refractivity contribution >= 4 is 5.91 Å². The molecule has 2 fully saturated rings. The first-order chi connectivity index (χ1) is 16.9. The Balaban J connectivity index is 1.20. The van der Waals surface area contributed by atoms with Crippen LogP contribution in [0, 0.1) is 0 Å². The summed E-state index contributed by atoms with van der Waals surface area (Å²) in [5.41, 5.74) is 4.58. The number of amides is 1. The molecule has 188 valence electrons. The fraction of sp³-hybridized carbons (Fsp3) is 0.536. The smallest absolute Gasteiger partial charge is 0.258 e. The first-order valence-electron chi connectivity index (χ1n) is 13.0. The van der Waals surface area contributed by atoms with E-state index in [1.807, 2.05) is 13.8 Å². The maximum Gasteiger partial charge on any atom is 0.258 e. The van der Waals surface area contributed by atoms with Crippen molar-refractivity contribution in [3.8, 4) is 11.5 Å². The van der Waals surface area contributed by atoms with Crippen LogP contribution in [0.15, 0.2) is 30.3 Å². The van der Waals surface area contributed by atoms with Crippen molar-refractivity contribution in [3.05, 3.63) is 58.1 Å². The average molecular weight is 479 g/mol. The highest BCUT2D eigenvalue weighted by atomic mass is 16.3. The van der Waals surface area contributed by atoms with Crippen molar-refractivity contribution in [2.24, 2.45) is 0 Å². The lowest BCUT2D eigenvalue weighted by Gasteiger charge is -2.41. The van der Waals surface area contributed by atoms with Gasteiger partial charge in [0.05, 0.1) is 5.56 Å². The van der Waals surface area contributed by atoms with Crippen LogP contribution >= 0.6 is 0 Å². The number of benzene rings is 2. The minimum Gasteiger partial charge on any atom is -0.508 e. The van der Waals surface area contributed by atoms with Crippen molar-refractivity contribution in [2.75, 3.05) is 39.3 Å². The average Bonchev–Trinajstić information content (AvgIpc) is 3.28. The Morgan fingerprint density at radius 1 is 0.971 bits per heavy atom. The van der Waals surface area contributed by atoms with Crippen LogP contribution in [0.1, 0.15) is 65.2 Å². The molecule has 0 bridgehead atoms. The van der Waals surface area contributed by atoms with E-state index in [0.717, 1.165) is 51.9 Å². The lowest BCUT2D eigenvalue weighted by molar-refractivity contribution is 0.0747. The van der Waals surface area contributed by atoms with E-state index in [2.05, 4.69) is 33.3 Å². The van der Waals surface area contributed by atoms with Crippen molar-refractivity contribution < 1.29 is 15.0 Å². The van der Waals surface area contributed by atoms with Crippen LogP contribution < -0.4 is 5.32 Å². The second kappa shape index (κ2) is 10.2. The topological polar surface area (TPSA) is 79.3 Å². The molecule has 7 heteroatoms. The van der Waals surface area contributed by atoms with Gasteiger partial charge in [0.1, 0.15) is 11.5 Å². The Morgan fingerprint density at radius 2 is 1.69 bits per heavy atom. The molecule has 0 aliphatic carbocycles. The molecule has 3 aliphatic heterocycles. The van der Waals surface area contributed by atoms with Gasteiger partial charge in [-0.25, -0.2) is 0 Å². The summed E-state index contributed by atoms with van der Waals surface area (Å²) in [7, 11) is 0. The fourth-order valence-electron chi connectivity index (χ4n) is 5.80. The van der Waals surface area contributed by atoms with Crippen molar-refractivity contribution in [2.45, 2.75) is 58.3 Å². The van der Waals surface area contributed by atoms with Crippen LogP contribution in [0.3, 0.4) is 0 Å². The van der Waals surface area contributed by atoms with Gasteiger partial charge in [0.2, 0.25) is 0 Å². The number of hydrogen-bond donors (Lipinski definition) is 3. The van der Waals surface area contributed by atoms with E-state index in [9.17, 15) is 15.0 Å². The highest BCUT2D eigenvalue weighted by Crippen LogP contribution is 2.34. The van der Waals surface area contributed by atoms with Crippen molar-refractivity contribution in [3.63, 3.8) is 0 Å². The molecule has 35 heavy (non-hydrogen) atoms. The van der Waals surface area contributed by atoms with Crippen LogP contribution in [-0.4, -0.2) is 76.1 Å². The number of rotatable bonds is 5. The van der Waals surface area contributed by atoms with Crippen LogP contribution in [0.25, 0.3) is 0 Å². The van der Waals surface area contributed by atoms with E-state index < -0.39 is 0 Å². The molecule has 2 aromatic rings. The predicted octanol–water partition coefficient (Wildman–Crippen LogP) is 3.25. The molecular formula is C28H38N4O3. The molecule has 0 unspecified atom stereocenters. The largest absolute Gasteiger partial charge is 0.508 e. The number of aromatic hydroxyl groups is 2. The SMILES string of the molecule is CC(C)c1cc(C(=O)N2Cc3ccc(CN4CCN(C5CCNCC5)CC4)cc3C2)c(O)cc1O. The van der Waals surface area contributed by atoms with Crippen molar-refractivity contribution in [1.82, 2.24) is 20.0 Å². The number of piperazine rings is 1. The van der Waals surface area contributed by atoms with Gasteiger partial charge < -0.3 is 20.4 Å². The second-order valence-electron chi connectivity index (χ2n) is 10.6. The van der Waals surface area contributed by atoms with Crippen LogP contribution in [-0.2, 0) is 19.6 Å². The van der Waals surface area contributed by atoms with E-state index >= 15 is 0 Å². The first kappa shape index (κ1) is 24.1. The zero-order valence-electron chi connectivity index (χ0n) is 21.0. The third-order valence-corrected chi connectivity index (χ3v) is 7.92. The van der Waals surface area contributed by atoms with Gasteiger partial charge in [-0.05, 0) is 60.2 Å². The van der Waals surface area contributed by atoms with Gasteiger partial charge in [-0.3, -0.25) is 14.6 Å². The molecule has 0 aromatic heterocycles. The number of nitrogens with zero attached hydrogens (tertiary/aromatic N) is 3. The van der Waals surface area contributed by atoms with E-state index in [1.165, 1.54) is 35.6 Å². The maximum atomic E-state index is 13.3. The minimum absolute atomic E-state index is 0.0278. The van der Waals surface area contributed by atoms with Gasteiger partial charge in [-0.15, -0.1) is 0 Å². The van der Waals surface area contributed by atoms with E-state index in [4.69, 9.17) is 0 Å². The zero-order valence-corrected chi connectivity index (χ0v) is 21.0. The number of piperidine rings is 1. The number of nitrogens with one attached hydrogen (secondary N) is 1. The summed E-state index contributed by atoms with van der Waals surface area (Å²) >= 11 is 0. The standard InChI is InChI=1S/C28H38N4O3/c1-19(2)24-14-25(27(34)15-26(24)33)28(35)32-17-21-4-3-20(13-22(21)18-32)16-30-9-11-31(12-10-30)23-5-7-29-8-6-23/h3-4,13-15,19,23,29,33-34H,5-12,16-18H2,1-2H3. The molecule has 3 aliphatic rings. The highest BCUT2D eigenvalue weighted by Gasteiger charge is 2.28. The molecular weight excluding hydrogens is 440 g/mol. The third kappa shape index (κ3) is 5.17. The van der Waals surface area contributed by atoms with Crippen LogP contribution in [0.4, 0.5) is 0 Å². The minimum atomic E-state index is -0.198. The van der Waals surface area contributed by atoms with E-state index in [1.54, 1.807) is 11.0 Å². The normalized spacial score (nSPS) is 19.9. The number of carbonyl (C=O) groups is 1. The first-order valence-corrected chi connectivity index (χ1v) is 13.0. The molecule has 3 N–H and O–H groups in total. The fourth-order valence-corrected chi connectivity index (χ4v) is 5.80. The number of carbonyl (C=O) groups excluding carboxylic acids is 1. The Morgan fingerprint density at radius 3 is 2.40 bits per heavy atom. The van der Waals surface area contributed by atoms with Crippen LogP contribution in [0.5, 0.6) is 11.5 Å². The number of phenols is 2. The van der Waals surface area contributed by atoms with Gasteiger partial charge in [0, 0.05) is 57.9 Å². The molecule has 0 saturated carbocycles. The maximum absolute atomic E-state index is 13.3. The van der Waals surface area contributed by atoms with Gasteiger partial charge in [-0.1, -0.05) is 32.0 Å². The molecule has 0 radical (unpaired) electrons. The van der Waals surface area contributed by atoms with Gasteiger partial charge in [-0.2, -0.15) is 0 Å². The quantitative estimate of drug-likeness (QED) is 0.612. The number of fused-ring (bicyclic) bond motifs is 1. The Bertz CT molecular complexity index is 1070. The zero-order chi connectivity index (χ0) is 24.5. The summed E-state index contributed by atoms with van der Waals surface area (Å²) in [5.74, 6) is -0.282. The van der Waals surface area contributed by atoms with Gasteiger partial charge >= 0.3 is 0 Å². The van der Waals surface area contributed by atoms with Crippen molar-refractivity contribution in [1.29, 1.82) is 0 Å².